The SMILES string of the molecule is CN(C)C(=O)COc1ccc(NC(=O)c2c(NC(=O)c3cccnc3)sc3c2CCCC3)cc1. The summed E-state index contributed by atoms with van der Waals surface area (Å²) < 4.78 is 5.49. The van der Waals surface area contributed by atoms with Crippen molar-refractivity contribution in [3.05, 3.63) is 70.4 Å². The smallest absolute Gasteiger partial charge is 0.259 e. The first-order chi connectivity index (χ1) is 16.4. The van der Waals surface area contributed by atoms with Gasteiger partial charge in [-0.05, 0) is 67.6 Å². The monoisotopic (exact) mass is 478 g/mol. The Hall–Kier alpha value is -3.72. The van der Waals surface area contributed by atoms with E-state index in [0.29, 0.717) is 27.6 Å². The van der Waals surface area contributed by atoms with E-state index < -0.39 is 0 Å². The number of carbonyl (C=O) groups excluding carboxylic acids is 3. The normalized spacial score (nSPS) is 12.4. The van der Waals surface area contributed by atoms with E-state index in [1.165, 1.54) is 22.4 Å². The van der Waals surface area contributed by atoms with Crippen molar-refractivity contribution in [1.29, 1.82) is 0 Å². The molecule has 3 aromatic rings. The van der Waals surface area contributed by atoms with Crippen molar-refractivity contribution in [3.8, 4) is 5.75 Å². The molecule has 3 amide bonds. The molecule has 8 nitrogen and oxygen atoms in total. The number of fused-ring (bicyclic) bond motifs is 1. The van der Waals surface area contributed by atoms with E-state index in [1.54, 1.807) is 56.7 Å². The maximum absolute atomic E-state index is 13.3. The molecule has 0 saturated carbocycles. The number of aromatic nitrogens is 1. The van der Waals surface area contributed by atoms with Gasteiger partial charge in [0, 0.05) is 37.1 Å². The number of carbonyl (C=O) groups is 3. The molecule has 9 heteroatoms. The number of nitrogens with one attached hydrogen (secondary N) is 2. The van der Waals surface area contributed by atoms with E-state index in [0.717, 1.165) is 36.1 Å². The minimum atomic E-state index is -0.297. The maximum Gasteiger partial charge on any atom is 0.259 e. The van der Waals surface area contributed by atoms with E-state index in [9.17, 15) is 14.4 Å². The molecule has 4 rings (SSSR count). The standard InChI is InChI=1S/C25H26N4O4S/c1-29(2)21(30)15-33-18-11-9-17(10-12-18)27-24(32)22-19-7-3-4-8-20(19)34-25(22)28-23(31)16-6-5-13-26-14-16/h5-6,9-14H,3-4,7-8,15H2,1-2H3,(H,27,32)(H,28,31). The third kappa shape index (κ3) is 5.43. The van der Waals surface area contributed by atoms with Crippen LogP contribution in [0.2, 0.25) is 0 Å². The molecule has 2 heterocycles. The average Bonchev–Trinajstić information content (AvgIpc) is 3.21. The molecule has 0 unspecified atom stereocenters. The summed E-state index contributed by atoms with van der Waals surface area (Å²) in [6.07, 6.45) is 6.90. The minimum Gasteiger partial charge on any atom is -0.484 e. The lowest BCUT2D eigenvalue weighted by Gasteiger charge is -2.14. The highest BCUT2D eigenvalue weighted by molar-refractivity contribution is 7.17. The van der Waals surface area contributed by atoms with Gasteiger partial charge in [0.1, 0.15) is 10.8 Å². The van der Waals surface area contributed by atoms with Crippen LogP contribution < -0.4 is 15.4 Å². The topological polar surface area (TPSA) is 101 Å². The number of ether oxygens (including phenoxy) is 1. The lowest BCUT2D eigenvalue weighted by Crippen LogP contribution is -2.27. The summed E-state index contributed by atoms with van der Waals surface area (Å²) >= 11 is 1.47. The quantitative estimate of drug-likeness (QED) is 0.535. The van der Waals surface area contributed by atoms with Crippen molar-refractivity contribution in [2.75, 3.05) is 31.3 Å². The molecule has 1 aromatic carbocycles. The van der Waals surface area contributed by atoms with Gasteiger partial charge in [-0.2, -0.15) is 0 Å². The Kier molecular flexibility index (Phi) is 7.22. The van der Waals surface area contributed by atoms with Gasteiger partial charge in [0.25, 0.3) is 17.7 Å². The van der Waals surface area contributed by atoms with E-state index in [1.807, 2.05) is 0 Å². The molecular formula is C25H26N4O4S. The van der Waals surface area contributed by atoms with Crippen molar-refractivity contribution in [3.63, 3.8) is 0 Å². The van der Waals surface area contributed by atoms with Crippen LogP contribution in [0.5, 0.6) is 5.75 Å². The van der Waals surface area contributed by atoms with Crippen molar-refractivity contribution in [2.24, 2.45) is 0 Å². The van der Waals surface area contributed by atoms with Crippen LogP contribution in [-0.2, 0) is 17.6 Å². The van der Waals surface area contributed by atoms with E-state index in [-0.39, 0.29) is 24.3 Å². The van der Waals surface area contributed by atoms with Crippen molar-refractivity contribution >= 4 is 39.7 Å². The highest BCUT2D eigenvalue weighted by atomic mass is 32.1. The molecule has 0 bridgehead atoms. The number of benzene rings is 1. The van der Waals surface area contributed by atoms with Gasteiger partial charge in [-0.15, -0.1) is 11.3 Å². The summed E-state index contributed by atoms with van der Waals surface area (Å²) in [4.78, 5) is 44.3. The van der Waals surface area contributed by atoms with Crippen molar-refractivity contribution in [2.45, 2.75) is 25.7 Å². The number of hydrogen-bond acceptors (Lipinski definition) is 6. The van der Waals surface area contributed by atoms with Crippen LogP contribution in [0.25, 0.3) is 0 Å². The zero-order valence-electron chi connectivity index (χ0n) is 19.1. The third-order valence-corrected chi connectivity index (χ3v) is 6.73. The van der Waals surface area contributed by atoms with Crippen LogP contribution in [-0.4, -0.2) is 48.3 Å². The molecule has 0 saturated heterocycles. The van der Waals surface area contributed by atoms with Gasteiger partial charge in [-0.25, -0.2) is 0 Å². The molecular weight excluding hydrogens is 452 g/mol. The fourth-order valence-electron chi connectivity index (χ4n) is 3.67. The van der Waals surface area contributed by atoms with Gasteiger partial charge in [0.15, 0.2) is 6.61 Å². The first-order valence-electron chi connectivity index (χ1n) is 11.0. The molecule has 2 aromatic heterocycles. The van der Waals surface area contributed by atoms with E-state index in [4.69, 9.17) is 4.74 Å². The highest BCUT2D eigenvalue weighted by Crippen LogP contribution is 2.38. The number of hydrogen-bond donors (Lipinski definition) is 2. The number of thiophene rings is 1. The van der Waals surface area contributed by atoms with Crippen LogP contribution in [0.1, 0.15) is 44.0 Å². The molecule has 34 heavy (non-hydrogen) atoms. The molecule has 0 atom stereocenters. The van der Waals surface area contributed by atoms with Crippen LogP contribution in [0.4, 0.5) is 10.7 Å². The lowest BCUT2D eigenvalue weighted by atomic mass is 9.95. The largest absolute Gasteiger partial charge is 0.484 e. The highest BCUT2D eigenvalue weighted by Gasteiger charge is 2.26. The number of rotatable bonds is 7. The molecule has 0 aliphatic heterocycles. The zero-order valence-corrected chi connectivity index (χ0v) is 19.9. The Morgan fingerprint density at radius 3 is 2.50 bits per heavy atom. The fraction of sp³-hybridized carbons (Fsp3) is 0.280. The predicted molar refractivity (Wildman–Crippen MR) is 132 cm³/mol. The third-order valence-electron chi connectivity index (χ3n) is 5.52. The number of amides is 3. The van der Waals surface area contributed by atoms with Gasteiger partial charge in [-0.3, -0.25) is 19.4 Å². The van der Waals surface area contributed by atoms with Crippen LogP contribution in [0, 0.1) is 0 Å². The predicted octanol–water partition coefficient (Wildman–Crippen LogP) is 3.99. The summed E-state index contributed by atoms with van der Waals surface area (Å²) in [5.41, 5.74) is 2.56. The van der Waals surface area contributed by atoms with Gasteiger partial charge in [-0.1, -0.05) is 0 Å². The van der Waals surface area contributed by atoms with Gasteiger partial charge in [0.2, 0.25) is 0 Å². The van der Waals surface area contributed by atoms with Gasteiger partial charge < -0.3 is 20.3 Å². The summed E-state index contributed by atoms with van der Waals surface area (Å²) in [7, 11) is 3.34. The van der Waals surface area contributed by atoms with Gasteiger partial charge >= 0.3 is 0 Å². The second-order valence-corrected chi connectivity index (χ2v) is 9.27. The Labute approximate surface area is 202 Å². The first kappa shape index (κ1) is 23.4. The van der Waals surface area contributed by atoms with Crippen LogP contribution in [0.3, 0.4) is 0 Å². The number of likely N-dealkylation sites (N-methyl/N-ethyl adjacent to an activating group) is 1. The Bertz CT molecular complexity index is 1190. The summed E-state index contributed by atoms with van der Waals surface area (Å²) in [5.74, 6) is -0.169. The molecule has 2 N–H and O–H groups in total. The minimum absolute atomic E-state index is 0.0558. The number of aryl methyl sites for hydroxylation is 1. The maximum atomic E-state index is 13.3. The number of pyridine rings is 1. The number of nitrogens with zero attached hydrogens (tertiary/aromatic N) is 2. The average molecular weight is 479 g/mol. The van der Waals surface area contributed by atoms with E-state index in [2.05, 4.69) is 15.6 Å². The Morgan fingerprint density at radius 1 is 1.03 bits per heavy atom. The second kappa shape index (κ2) is 10.5. The molecule has 1 aliphatic carbocycles. The lowest BCUT2D eigenvalue weighted by molar-refractivity contribution is -0.130. The first-order valence-corrected chi connectivity index (χ1v) is 11.8. The molecule has 0 fully saturated rings. The number of anilines is 2. The molecule has 0 spiro atoms. The Morgan fingerprint density at radius 2 is 1.79 bits per heavy atom. The van der Waals surface area contributed by atoms with Crippen LogP contribution >= 0.6 is 11.3 Å². The van der Waals surface area contributed by atoms with Crippen molar-refractivity contribution in [1.82, 2.24) is 9.88 Å². The van der Waals surface area contributed by atoms with Gasteiger partial charge in [0.05, 0.1) is 11.1 Å². The summed E-state index contributed by atoms with van der Waals surface area (Å²) in [6.45, 7) is -0.0558. The second-order valence-electron chi connectivity index (χ2n) is 8.17. The molecule has 176 valence electrons. The summed E-state index contributed by atoms with van der Waals surface area (Å²) in [5, 5.41) is 6.41. The Balaban J connectivity index is 1.50. The summed E-state index contributed by atoms with van der Waals surface area (Å²) in [6, 6.07) is 10.2. The van der Waals surface area contributed by atoms with Crippen molar-refractivity contribution < 1.29 is 19.1 Å². The molecule has 1 aliphatic rings. The fourth-order valence-corrected chi connectivity index (χ4v) is 4.95. The molecule has 0 radical (unpaired) electrons. The van der Waals surface area contributed by atoms with E-state index >= 15 is 0 Å². The zero-order chi connectivity index (χ0) is 24.1. The van der Waals surface area contributed by atoms with Crippen LogP contribution in [0.15, 0.2) is 48.8 Å².